The first-order valence-corrected chi connectivity index (χ1v) is 9.96. The maximum Gasteiger partial charge on any atom is 0.222 e. The highest BCUT2D eigenvalue weighted by molar-refractivity contribution is 5.79. The first-order chi connectivity index (χ1) is 13.1. The van der Waals surface area contributed by atoms with Gasteiger partial charge in [-0.2, -0.15) is 0 Å². The maximum absolute atomic E-state index is 11.7. The number of ether oxygens (including phenoxy) is 1. The second kappa shape index (κ2) is 11.6. The number of rotatable bonds is 10. The quantitative estimate of drug-likeness (QED) is 0.375. The van der Waals surface area contributed by atoms with Gasteiger partial charge in [-0.05, 0) is 29.9 Å². The van der Waals surface area contributed by atoms with Crippen LogP contribution in [0.15, 0.2) is 29.3 Å². The van der Waals surface area contributed by atoms with E-state index >= 15 is 0 Å². The van der Waals surface area contributed by atoms with Gasteiger partial charge in [0.1, 0.15) is 0 Å². The van der Waals surface area contributed by atoms with Crippen LogP contribution in [0.25, 0.3) is 0 Å². The van der Waals surface area contributed by atoms with Crippen molar-refractivity contribution in [3.63, 3.8) is 0 Å². The van der Waals surface area contributed by atoms with Crippen LogP contribution in [0.3, 0.4) is 0 Å². The number of aliphatic imine (C=N–C) groups is 1. The molecular formula is C21H34N4O2. The van der Waals surface area contributed by atoms with Gasteiger partial charge in [0.15, 0.2) is 5.96 Å². The van der Waals surface area contributed by atoms with Crippen molar-refractivity contribution in [1.29, 1.82) is 0 Å². The van der Waals surface area contributed by atoms with Gasteiger partial charge in [0.25, 0.3) is 0 Å². The normalized spacial score (nSPS) is 14.9. The Bertz CT molecular complexity index is 599. The van der Waals surface area contributed by atoms with Gasteiger partial charge in [-0.3, -0.25) is 9.79 Å². The smallest absolute Gasteiger partial charge is 0.222 e. The predicted octanol–water partition coefficient (Wildman–Crippen LogP) is 2.54. The van der Waals surface area contributed by atoms with Crippen molar-refractivity contribution in [2.75, 3.05) is 33.4 Å². The summed E-state index contributed by atoms with van der Waals surface area (Å²) >= 11 is 0. The largest absolute Gasteiger partial charge is 0.380 e. The van der Waals surface area contributed by atoms with Crippen LogP contribution >= 0.6 is 0 Å². The van der Waals surface area contributed by atoms with Crippen molar-refractivity contribution < 1.29 is 9.53 Å². The highest BCUT2D eigenvalue weighted by Crippen LogP contribution is 2.14. The first-order valence-electron chi connectivity index (χ1n) is 9.96. The molecule has 0 spiro atoms. The number of nitrogens with one attached hydrogen (secondary N) is 2. The molecule has 0 bridgehead atoms. The predicted molar refractivity (Wildman–Crippen MR) is 110 cm³/mol. The van der Waals surface area contributed by atoms with Crippen LogP contribution in [0.4, 0.5) is 0 Å². The minimum absolute atomic E-state index is 0.267. The van der Waals surface area contributed by atoms with Crippen molar-refractivity contribution in [3.05, 3.63) is 35.4 Å². The maximum atomic E-state index is 11.7. The van der Waals surface area contributed by atoms with E-state index in [0.717, 1.165) is 38.5 Å². The third kappa shape index (κ3) is 7.99. The standard InChI is InChI=1S/C21H34N4O2/c1-17(2)10-13-27-14-11-23-21(22-3)24-15-18-6-8-19(9-7-18)16-25-12-4-5-20(25)26/h6-9,17H,4-5,10-16H2,1-3H3,(H2,22,23,24). The Morgan fingerprint density at radius 3 is 2.56 bits per heavy atom. The summed E-state index contributed by atoms with van der Waals surface area (Å²) in [5.74, 6) is 1.72. The molecule has 1 heterocycles. The molecule has 6 heteroatoms. The number of hydrogen-bond donors (Lipinski definition) is 2. The molecule has 1 aliphatic heterocycles. The number of amides is 1. The Morgan fingerprint density at radius 1 is 1.19 bits per heavy atom. The van der Waals surface area contributed by atoms with E-state index in [1.807, 2.05) is 4.90 Å². The molecular weight excluding hydrogens is 340 g/mol. The first kappa shape index (κ1) is 21.2. The molecule has 2 rings (SSSR count). The van der Waals surface area contributed by atoms with Crippen LogP contribution in [-0.2, 0) is 22.6 Å². The van der Waals surface area contributed by atoms with E-state index < -0.39 is 0 Å². The van der Waals surface area contributed by atoms with Gasteiger partial charge in [0.05, 0.1) is 6.61 Å². The number of hydrogen-bond acceptors (Lipinski definition) is 3. The van der Waals surface area contributed by atoms with Crippen LogP contribution in [0, 0.1) is 5.92 Å². The van der Waals surface area contributed by atoms with E-state index in [-0.39, 0.29) is 5.91 Å². The molecule has 0 radical (unpaired) electrons. The van der Waals surface area contributed by atoms with Crippen molar-refractivity contribution in [2.24, 2.45) is 10.9 Å². The van der Waals surface area contributed by atoms with Gasteiger partial charge < -0.3 is 20.3 Å². The molecule has 0 aromatic heterocycles. The van der Waals surface area contributed by atoms with Crippen LogP contribution in [0.1, 0.15) is 44.2 Å². The zero-order valence-corrected chi connectivity index (χ0v) is 17.0. The minimum atomic E-state index is 0.267. The third-order valence-corrected chi connectivity index (χ3v) is 4.63. The van der Waals surface area contributed by atoms with Crippen molar-refractivity contribution in [2.45, 2.75) is 46.2 Å². The average Bonchev–Trinajstić information content (AvgIpc) is 3.06. The summed E-state index contributed by atoms with van der Waals surface area (Å²) in [5, 5.41) is 6.58. The fourth-order valence-corrected chi connectivity index (χ4v) is 2.92. The number of nitrogens with zero attached hydrogens (tertiary/aromatic N) is 2. The summed E-state index contributed by atoms with van der Waals surface area (Å²) < 4.78 is 5.60. The Hall–Kier alpha value is -2.08. The highest BCUT2D eigenvalue weighted by Gasteiger charge is 2.19. The molecule has 1 saturated heterocycles. The lowest BCUT2D eigenvalue weighted by atomic mass is 10.1. The van der Waals surface area contributed by atoms with Gasteiger partial charge in [-0.25, -0.2) is 0 Å². The second-order valence-corrected chi connectivity index (χ2v) is 7.38. The van der Waals surface area contributed by atoms with Gasteiger partial charge in [0, 0.05) is 46.3 Å². The highest BCUT2D eigenvalue weighted by atomic mass is 16.5. The van der Waals surface area contributed by atoms with Crippen LogP contribution in [0.2, 0.25) is 0 Å². The van der Waals surface area contributed by atoms with E-state index in [4.69, 9.17) is 4.74 Å². The number of guanidine groups is 1. The molecule has 2 N–H and O–H groups in total. The number of benzene rings is 1. The molecule has 0 saturated carbocycles. The zero-order chi connectivity index (χ0) is 19.5. The zero-order valence-electron chi connectivity index (χ0n) is 17.0. The van der Waals surface area contributed by atoms with Crippen LogP contribution < -0.4 is 10.6 Å². The molecule has 1 fully saturated rings. The van der Waals surface area contributed by atoms with Crippen LogP contribution in [0.5, 0.6) is 0 Å². The van der Waals surface area contributed by atoms with Crippen molar-refractivity contribution in [3.8, 4) is 0 Å². The average molecular weight is 375 g/mol. The fourth-order valence-electron chi connectivity index (χ4n) is 2.92. The number of likely N-dealkylation sites (tertiary alicyclic amines) is 1. The molecule has 1 aromatic carbocycles. The monoisotopic (exact) mass is 374 g/mol. The molecule has 150 valence electrons. The van der Waals surface area contributed by atoms with Gasteiger partial charge in [-0.15, -0.1) is 0 Å². The number of carbonyl (C=O) groups is 1. The summed E-state index contributed by atoms with van der Waals surface area (Å²) in [6.07, 6.45) is 2.77. The van der Waals surface area contributed by atoms with Crippen LogP contribution in [-0.4, -0.2) is 50.1 Å². The lowest BCUT2D eigenvalue weighted by Crippen LogP contribution is -2.38. The Kier molecular flexibility index (Phi) is 9.11. The summed E-state index contributed by atoms with van der Waals surface area (Å²) in [5.41, 5.74) is 2.36. The van der Waals surface area contributed by atoms with Crippen molar-refractivity contribution in [1.82, 2.24) is 15.5 Å². The summed E-state index contributed by atoms with van der Waals surface area (Å²) in [7, 11) is 1.77. The Morgan fingerprint density at radius 2 is 1.93 bits per heavy atom. The molecule has 0 atom stereocenters. The van der Waals surface area contributed by atoms with Crippen molar-refractivity contribution >= 4 is 11.9 Å². The Labute approximate surface area is 163 Å². The Balaban J connectivity index is 1.66. The minimum Gasteiger partial charge on any atom is -0.380 e. The van der Waals surface area contributed by atoms with Gasteiger partial charge in [0.2, 0.25) is 5.91 Å². The lowest BCUT2D eigenvalue weighted by molar-refractivity contribution is -0.128. The van der Waals surface area contributed by atoms with E-state index in [1.54, 1.807) is 7.05 Å². The second-order valence-electron chi connectivity index (χ2n) is 7.38. The summed E-state index contributed by atoms with van der Waals surface area (Å²) in [6.45, 7) is 8.92. The van der Waals surface area contributed by atoms with Gasteiger partial charge >= 0.3 is 0 Å². The van der Waals surface area contributed by atoms with E-state index in [1.165, 1.54) is 11.1 Å². The number of carbonyl (C=O) groups excluding carboxylic acids is 1. The third-order valence-electron chi connectivity index (χ3n) is 4.63. The van der Waals surface area contributed by atoms with E-state index in [2.05, 4.69) is 53.7 Å². The summed E-state index contributed by atoms with van der Waals surface area (Å²) in [4.78, 5) is 17.9. The molecule has 0 unspecified atom stereocenters. The molecule has 1 aromatic rings. The molecule has 27 heavy (non-hydrogen) atoms. The molecule has 1 amide bonds. The van der Waals surface area contributed by atoms with E-state index in [9.17, 15) is 4.79 Å². The fraction of sp³-hybridized carbons (Fsp3) is 0.619. The molecule has 0 aliphatic carbocycles. The van der Waals surface area contributed by atoms with Gasteiger partial charge in [-0.1, -0.05) is 38.1 Å². The topological polar surface area (TPSA) is 66.0 Å². The molecule has 6 nitrogen and oxygen atoms in total. The molecule has 1 aliphatic rings. The SMILES string of the molecule is CN=C(NCCOCCC(C)C)NCc1ccc(CN2CCCC2=O)cc1. The lowest BCUT2D eigenvalue weighted by Gasteiger charge is -2.16. The summed E-state index contributed by atoms with van der Waals surface area (Å²) in [6, 6.07) is 8.40. The van der Waals surface area contributed by atoms with E-state index in [0.29, 0.717) is 32.0 Å².